The number of benzene rings is 2. The Balaban J connectivity index is 2.30. The number of ether oxygens (including phenoxy) is 4. The van der Waals surface area contributed by atoms with Crippen molar-refractivity contribution in [2.24, 2.45) is 10.8 Å². The molecular weight excluding hydrogens is 701 g/mol. The van der Waals surface area contributed by atoms with Gasteiger partial charge in [-0.3, -0.25) is 0 Å². The number of rotatable bonds is 10. The summed E-state index contributed by atoms with van der Waals surface area (Å²) in [7, 11) is 0. The van der Waals surface area contributed by atoms with Crippen LogP contribution in [0.2, 0.25) is 30.1 Å². The first kappa shape index (κ1) is 38.2. The number of carbonyl (C=O) groups is 4. The van der Waals surface area contributed by atoms with Crippen molar-refractivity contribution in [2.45, 2.75) is 67.2 Å². The highest BCUT2D eigenvalue weighted by atomic mass is 35.5. The second-order valence-corrected chi connectivity index (χ2v) is 14.5. The summed E-state index contributed by atoms with van der Waals surface area (Å²) in [6, 6.07) is 2.22. The van der Waals surface area contributed by atoms with E-state index in [1.807, 2.05) is 41.5 Å². The normalized spacial score (nSPS) is 11.6. The van der Waals surface area contributed by atoms with Crippen molar-refractivity contribution in [3.8, 4) is 11.5 Å². The van der Waals surface area contributed by atoms with Crippen LogP contribution in [0.3, 0.4) is 0 Å². The lowest BCUT2D eigenvalue weighted by molar-refractivity contribution is -0.156. The van der Waals surface area contributed by atoms with Crippen LogP contribution in [0, 0.1) is 10.8 Å². The van der Waals surface area contributed by atoms with Crippen LogP contribution in [0.15, 0.2) is 12.1 Å². The molecule has 2 aromatic rings. The van der Waals surface area contributed by atoms with Crippen molar-refractivity contribution in [2.75, 3.05) is 13.2 Å². The third-order valence-electron chi connectivity index (χ3n) is 5.83. The Morgan fingerprint density at radius 1 is 0.568 bits per heavy atom. The summed E-state index contributed by atoms with van der Waals surface area (Å²) in [6.45, 7) is 12.2. The fourth-order valence-corrected chi connectivity index (χ4v) is 5.11. The molecule has 0 aliphatic rings. The van der Waals surface area contributed by atoms with Gasteiger partial charge in [0, 0.05) is 0 Å². The van der Waals surface area contributed by atoms with Crippen LogP contribution >= 0.6 is 69.6 Å². The number of hydrogen-bond acceptors (Lipinski definition) is 8. The van der Waals surface area contributed by atoms with Gasteiger partial charge in [-0.15, -0.1) is 0 Å². The van der Waals surface area contributed by atoms with E-state index < -0.39 is 46.5 Å². The van der Waals surface area contributed by atoms with Crippen LogP contribution in [0.5, 0.6) is 11.5 Å². The van der Waals surface area contributed by atoms with Gasteiger partial charge in [0.05, 0.1) is 43.3 Å². The van der Waals surface area contributed by atoms with Crippen molar-refractivity contribution >= 4 is 93.5 Å². The molecule has 0 amide bonds. The minimum Gasteiger partial charge on any atom is -0.462 e. The first-order chi connectivity index (χ1) is 20.2. The topological polar surface area (TPSA) is 105 Å². The molecule has 44 heavy (non-hydrogen) atoms. The molecular formula is C30H32Cl6O8. The molecule has 0 aromatic heterocycles. The lowest BCUT2D eigenvalue weighted by atomic mass is 9.91. The molecule has 8 nitrogen and oxygen atoms in total. The largest absolute Gasteiger partial charge is 0.462 e. The van der Waals surface area contributed by atoms with Crippen LogP contribution in [0.25, 0.3) is 0 Å². The monoisotopic (exact) mass is 730 g/mol. The van der Waals surface area contributed by atoms with Crippen molar-refractivity contribution in [1.29, 1.82) is 0 Å². The zero-order valence-electron chi connectivity index (χ0n) is 24.9. The predicted molar refractivity (Wildman–Crippen MR) is 172 cm³/mol. The minimum absolute atomic E-state index is 0.00450. The third kappa shape index (κ3) is 11.1. The molecule has 0 heterocycles. The van der Waals surface area contributed by atoms with Crippen molar-refractivity contribution in [3.63, 3.8) is 0 Å². The molecule has 0 radical (unpaired) electrons. The highest BCUT2D eigenvalue weighted by Crippen LogP contribution is 2.42. The van der Waals surface area contributed by atoms with E-state index in [-0.39, 0.29) is 54.2 Å². The number of halogens is 6. The van der Waals surface area contributed by atoms with Gasteiger partial charge in [-0.1, -0.05) is 111 Å². The maximum atomic E-state index is 12.9. The highest BCUT2D eigenvalue weighted by molar-refractivity contribution is 6.47. The highest BCUT2D eigenvalue weighted by Gasteiger charge is 2.32. The molecule has 0 saturated carbocycles. The summed E-state index contributed by atoms with van der Waals surface area (Å²) < 4.78 is 20.8. The molecule has 0 fully saturated rings. The minimum atomic E-state index is -1.65. The molecule has 0 spiro atoms. The van der Waals surface area contributed by atoms with E-state index in [2.05, 4.69) is 0 Å². The summed E-state index contributed by atoms with van der Waals surface area (Å²) >= 11 is 37.0. The fourth-order valence-electron chi connectivity index (χ4n) is 3.67. The average Bonchev–Trinajstić information content (AvgIpc) is 2.89. The summed E-state index contributed by atoms with van der Waals surface area (Å²) in [5, 5.41) is -1.56. The van der Waals surface area contributed by atoms with Crippen molar-refractivity contribution < 1.29 is 38.1 Å². The average molecular weight is 733 g/mol. The number of hydrogen-bond donors (Lipinski definition) is 0. The Bertz CT molecular complexity index is 1320. The first-order valence-electron chi connectivity index (χ1n) is 13.4. The Morgan fingerprint density at radius 3 is 1.18 bits per heavy atom. The molecule has 0 aliphatic carbocycles. The molecule has 2 aromatic carbocycles. The van der Waals surface area contributed by atoms with E-state index in [0.29, 0.717) is 12.8 Å². The number of carbonyl (C=O) groups excluding carboxylic acids is 4. The maximum absolute atomic E-state index is 12.9. The summed E-state index contributed by atoms with van der Waals surface area (Å²) in [5.74, 6) is -6.48. The standard InChI is InChI=1S/C30H32Cl6O8/c1-29(2,3)9-7-11-41-25(37)19-21(35)15(31)13-17(33)23(19)43-27(39)28(40)44-24-18(34)14-16(32)22(36)20(24)26(38)42-12-8-10-30(4,5)6/h13-14H,7-12H2,1-6H3. The van der Waals surface area contributed by atoms with E-state index in [0.717, 1.165) is 25.0 Å². The smallest absolute Gasteiger partial charge is 0.423 e. The van der Waals surface area contributed by atoms with Gasteiger partial charge in [0.1, 0.15) is 11.1 Å². The van der Waals surface area contributed by atoms with Crippen molar-refractivity contribution in [1.82, 2.24) is 0 Å². The molecule has 242 valence electrons. The van der Waals surface area contributed by atoms with Crippen LogP contribution in [-0.2, 0) is 19.1 Å². The van der Waals surface area contributed by atoms with Crippen LogP contribution in [0.1, 0.15) is 87.9 Å². The second-order valence-electron chi connectivity index (χ2n) is 12.1. The van der Waals surface area contributed by atoms with Gasteiger partial charge in [0.25, 0.3) is 0 Å². The summed E-state index contributed by atoms with van der Waals surface area (Å²) in [6.07, 6.45) is 2.58. The lowest BCUT2D eigenvalue weighted by Gasteiger charge is -2.18. The third-order valence-corrected chi connectivity index (χ3v) is 7.96. The Labute approximate surface area is 286 Å². The molecule has 0 bridgehead atoms. The van der Waals surface area contributed by atoms with E-state index >= 15 is 0 Å². The summed E-state index contributed by atoms with van der Waals surface area (Å²) in [4.78, 5) is 51.6. The zero-order chi connectivity index (χ0) is 33.6. The molecule has 0 atom stereocenters. The van der Waals surface area contributed by atoms with Gasteiger partial charge >= 0.3 is 23.9 Å². The van der Waals surface area contributed by atoms with Gasteiger partial charge < -0.3 is 18.9 Å². The van der Waals surface area contributed by atoms with Gasteiger partial charge in [0.2, 0.25) is 0 Å². The number of esters is 4. The Kier molecular flexibility index (Phi) is 14.0. The maximum Gasteiger partial charge on any atom is 0.423 e. The molecule has 0 unspecified atom stereocenters. The van der Waals surface area contributed by atoms with Gasteiger partial charge in [-0.25, -0.2) is 19.2 Å². The van der Waals surface area contributed by atoms with Crippen LogP contribution in [-0.4, -0.2) is 37.1 Å². The fraction of sp³-hybridized carbons (Fsp3) is 0.467. The van der Waals surface area contributed by atoms with Crippen molar-refractivity contribution in [3.05, 3.63) is 53.4 Å². The van der Waals surface area contributed by atoms with E-state index in [1.165, 1.54) is 0 Å². The summed E-state index contributed by atoms with van der Waals surface area (Å²) in [5.41, 5.74) is -0.948. The van der Waals surface area contributed by atoms with E-state index in [9.17, 15) is 19.2 Å². The second kappa shape index (κ2) is 16.1. The predicted octanol–water partition coefficient (Wildman–Crippen LogP) is 10.1. The zero-order valence-corrected chi connectivity index (χ0v) is 29.5. The molecule has 0 aliphatic heterocycles. The quantitative estimate of drug-likeness (QED) is 0.0782. The Hall–Kier alpha value is -1.94. The van der Waals surface area contributed by atoms with Crippen LogP contribution in [0.4, 0.5) is 0 Å². The Morgan fingerprint density at radius 2 is 0.886 bits per heavy atom. The van der Waals surface area contributed by atoms with E-state index in [4.69, 9.17) is 88.6 Å². The van der Waals surface area contributed by atoms with Gasteiger partial charge in [-0.2, -0.15) is 0 Å². The van der Waals surface area contributed by atoms with Gasteiger partial charge in [-0.05, 0) is 48.6 Å². The van der Waals surface area contributed by atoms with Crippen LogP contribution < -0.4 is 9.47 Å². The molecule has 14 heteroatoms. The first-order valence-corrected chi connectivity index (χ1v) is 15.6. The van der Waals surface area contributed by atoms with Gasteiger partial charge in [0.15, 0.2) is 11.5 Å². The molecule has 0 saturated heterocycles. The SMILES string of the molecule is CC(C)(C)CCCOC(=O)c1c(Cl)c(Cl)cc(Cl)c1OC(=O)C(=O)Oc1c(Cl)cc(Cl)c(Cl)c1C(=O)OCCCC(C)(C)C. The molecule has 0 N–H and O–H groups in total. The lowest BCUT2D eigenvalue weighted by Crippen LogP contribution is -2.27. The van der Waals surface area contributed by atoms with E-state index in [1.54, 1.807) is 0 Å². The molecule has 2 rings (SSSR count).